The van der Waals surface area contributed by atoms with E-state index in [4.69, 9.17) is 11.6 Å². The molecule has 0 aromatic carbocycles. The summed E-state index contributed by atoms with van der Waals surface area (Å²) in [7, 11) is 0. The van der Waals surface area contributed by atoms with Gasteiger partial charge in [-0.1, -0.05) is 30.9 Å². The normalized spacial score (nSPS) is 16.7. The van der Waals surface area contributed by atoms with Gasteiger partial charge in [-0.3, -0.25) is 9.48 Å². The van der Waals surface area contributed by atoms with Crippen LogP contribution in [0.4, 0.5) is 0 Å². The highest BCUT2D eigenvalue weighted by atomic mass is 35.5. The van der Waals surface area contributed by atoms with Crippen LogP contribution in [0.15, 0.2) is 17.6 Å². The Kier molecular flexibility index (Phi) is 3.71. The first-order valence-electron chi connectivity index (χ1n) is 6.56. The first-order valence-corrected chi connectivity index (χ1v) is 7.82. The van der Waals surface area contributed by atoms with E-state index in [1.165, 1.54) is 30.6 Å². The molecule has 1 saturated carbocycles. The summed E-state index contributed by atoms with van der Waals surface area (Å²) in [6, 6.07) is 2.31. The molecule has 0 bridgehead atoms. The van der Waals surface area contributed by atoms with Crippen LogP contribution in [0.3, 0.4) is 0 Å². The van der Waals surface area contributed by atoms with Crippen LogP contribution < -0.4 is 0 Å². The zero-order valence-corrected chi connectivity index (χ0v) is 12.1. The van der Waals surface area contributed by atoms with E-state index in [0.29, 0.717) is 11.6 Å². The predicted octanol–water partition coefficient (Wildman–Crippen LogP) is 4.58. The van der Waals surface area contributed by atoms with Gasteiger partial charge in [0, 0.05) is 17.1 Å². The lowest BCUT2D eigenvalue weighted by molar-refractivity contribution is 0.112. The Morgan fingerprint density at radius 3 is 2.79 bits per heavy atom. The number of aromatic nitrogens is 2. The molecule has 19 heavy (non-hydrogen) atoms. The largest absolute Gasteiger partial charge is 0.298 e. The summed E-state index contributed by atoms with van der Waals surface area (Å²) in [5, 5.41) is 6.57. The van der Waals surface area contributed by atoms with Gasteiger partial charge in [-0.2, -0.15) is 5.10 Å². The van der Waals surface area contributed by atoms with E-state index in [1.54, 1.807) is 0 Å². The van der Waals surface area contributed by atoms with Crippen LogP contribution in [-0.4, -0.2) is 16.1 Å². The molecule has 0 spiro atoms. The lowest BCUT2D eigenvalue weighted by Gasteiger charge is -2.21. The van der Waals surface area contributed by atoms with Crippen molar-refractivity contribution in [1.29, 1.82) is 0 Å². The van der Waals surface area contributed by atoms with E-state index in [0.717, 1.165) is 34.7 Å². The van der Waals surface area contributed by atoms with E-state index in [9.17, 15) is 4.79 Å². The molecule has 0 unspecified atom stereocenters. The van der Waals surface area contributed by atoms with Crippen molar-refractivity contribution in [2.24, 2.45) is 0 Å². The van der Waals surface area contributed by atoms with Crippen molar-refractivity contribution in [2.45, 2.75) is 38.1 Å². The number of carbonyl (C=O) groups is 1. The molecule has 3 nitrogen and oxygen atoms in total. The zero-order valence-electron chi connectivity index (χ0n) is 10.5. The van der Waals surface area contributed by atoms with Crippen LogP contribution in [0.1, 0.15) is 48.5 Å². The third-order valence-electron chi connectivity index (χ3n) is 3.68. The zero-order chi connectivity index (χ0) is 13.2. The smallest absolute Gasteiger partial charge is 0.153 e. The van der Waals surface area contributed by atoms with Gasteiger partial charge in [0.15, 0.2) is 6.29 Å². The Hall–Kier alpha value is -1.13. The minimum absolute atomic E-state index is 0.440. The third-order valence-corrected chi connectivity index (χ3v) is 4.77. The first-order chi connectivity index (χ1) is 9.28. The number of halogens is 1. The van der Waals surface area contributed by atoms with Gasteiger partial charge in [0.2, 0.25) is 0 Å². The first kappa shape index (κ1) is 12.9. The maximum absolute atomic E-state index is 11.2. The van der Waals surface area contributed by atoms with Gasteiger partial charge in [-0.05, 0) is 18.9 Å². The quantitative estimate of drug-likeness (QED) is 0.777. The number of rotatable bonds is 3. The lowest BCUT2D eigenvalue weighted by atomic mass is 9.96. The second-order valence-corrected chi connectivity index (χ2v) is 6.50. The molecule has 0 radical (unpaired) electrons. The molecule has 0 saturated heterocycles. The Balaban J connectivity index is 1.95. The van der Waals surface area contributed by atoms with E-state index in [2.05, 4.69) is 5.10 Å². The Morgan fingerprint density at radius 2 is 2.16 bits per heavy atom. The molecule has 0 amide bonds. The molecule has 2 aromatic rings. The van der Waals surface area contributed by atoms with Gasteiger partial charge < -0.3 is 0 Å². The highest BCUT2D eigenvalue weighted by Gasteiger charge is 2.19. The van der Waals surface area contributed by atoms with E-state index in [-0.39, 0.29) is 0 Å². The van der Waals surface area contributed by atoms with E-state index >= 15 is 0 Å². The van der Waals surface area contributed by atoms with Crippen LogP contribution in [0.2, 0.25) is 4.34 Å². The summed E-state index contributed by atoms with van der Waals surface area (Å²) < 4.78 is 2.70. The van der Waals surface area contributed by atoms with Gasteiger partial charge in [-0.25, -0.2) is 0 Å². The van der Waals surface area contributed by atoms with Crippen molar-refractivity contribution >= 4 is 29.2 Å². The Morgan fingerprint density at radius 1 is 1.37 bits per heavy atom. The highest BCUT2D eigenvalue weighted by Crippen LogP contribution is 2.32. The summed E-state index contributed by atoms with van der Waals surface area (Å²) in [5.41, 5.74) is 2.34. The predicted molar refractivity (Wildman–Crippen MR) is 78.1 cm³/mol. The Bertz CT molecular complexity index is 584. The molecule has 0 aliphatic heterocycles. The second kappa shape index (κ2) is 5.47. The van der Waals surface area contributed by atoms with E-state index in [1.807, 2.05) is 22.3 Å². The van der Waals surface area contributed by atoms with Crippen molar-refractivity contribution in [3.05, 3.63) is 27.5 Å². The van der Waals surface area contributed by atoms with Crippen LogP contribution >= 0.6 is 22.9 Å². The van der Waals surface area contributed by atoms with Gasteiger partial charge in [0.05, 0.1) is 15.9 Å². The molecule has 100 valence electrons. The highest BCUT2D eigenvalue weighted by molar-refractivity contribution is 7.14. The molecule has 0 N–H and O–H groups in total. The monoisotopic (exact) mass is 294 g/mol. The number of carbonyl (C=O) groups excluding carboxylic acids is 1. The van der Waals surface area contributed by atoms with Crippen LogP contribution in [-0.2, 0) is 0 Å². The molecular weight excluding hydrogens is 280 g/mol. The molecule has 2 heterocycles. The molecule has 1 aliphatic carbocycles. The van der Waals surface area contributed by atoms with Crippen molar-refractivity contribution in [3.63, 3.8) is 0 Å². The number of thiophene rings is 1. The van der Waals surface area contributed by atoms with Crippen LogP contribution in [0.25, 0.3) is 11.3 Å². The second-order valence-electron chi connectivity index (χ2n) is 4.96. The molecular formula is C14H15ClN2OS. The standard InChI is InChI=1S/C14H15ClN2OS/c15-13-6-10(9-19-13)14-11(8-18)7-17(16-14)12-4-2-1-3-5-12/h6-9,12H,1-5H2. The van der Waals surface area contributed by atoms with Gasteiger partial charge in [0.1, 0.15) is 5.69 Å². The number of nitrogens with zero attached hydrogens (tertiary/aromatic N) is 2. The fraction of sp³-hybridized carbons (Fsp3) is 0.429. The van der Waals surface area contributed by atoms with Crippen LogP contribution in [0.5, 0.6) is 0 Å². The Labute approximate surface area is 121 Å². The number of hydrogen-bond donors (Lipinski definition) is 0. The average Bonchev–Trinajstić information content (AvgIpc) is 3.05. The van der Waals surface area contributed by atoms with Crippen LogP contribution in [0, 0.1) is 0 Å². The van der Waals surface area contributed by atoms with Gasteiger partial charge in [0.25, 0.3) is 0 Å². The summed E-state index contributed by atoms with van der Waals surface area (Å²) in [4.78, 5) is 11.2. The minimum atomic E-state index is 0.440. The molecule has 1 fully saturated rings. The maximum Gasteiger partial charge on any atom is 0.153 e. The minimum Gasteiger partial charge on any atom is -0.298 e. The van der Waals surface area contributed by atoms with Crippen molar-refractivity contribution in [1.82, 2.24) is 9.78 Å². The van der Waals surface area contributed by atoms with Gasteiger partial charge in [-0.15, -0.1) is 11.3 Å². The molecule has 3 rings (SSSR count). The fourth-order valence-corrected chi connectivity index (χ4v) is 3.55. The molecule has 1 aliphatic rings. The summed E-state index contributed by atoms with van der Waals surface area (Å²) in [6.45, 7) is 0. The lowest BCUT2D eigenvalue weighted by Crippen LogP contribution is -2.13. The van der Waals surface area contributed by atoms with Crippen molar-refractivity contribution in [2.75, 3.05) is 0 Å². The SMILES string of the molecule is O=Cc1cn(C2CCCCC2)nc1-c1csc(Cl)c1. The van der Waals surface area contributed by atoms with Crippen molar-refractivity contribution < 1.29 is 4.79 Å². The fourth-order valence-electron chi connectivity index (χ4n) is 2.68. The summed E-state index contributed by atoms with van der Waals surface area (Å²) in [6.07, 6.45) is 8.89. The molecule has 2 aromatic heterocycles. The summed E-state index contributed by atoms with van der Waals surface area (Å²) >= 11 is 7.42. The van der Waals surface area contributed by atoms with Gasteiger partial charge >= 0.3 is 0 Å². The average molecular weight is 295 g/mol. The molecule has 0 atom stereocenters. The molecule has 5 heteroatoms. The number of aldehydes is 1. The maximum atomic E-state index is 11.2. The third kappa shape index (κ3) is 2.60. The summed E-state index contributed by atoms with van der Waals surface area (Å²) in [5.74, 6) is 0. The van der Waals surface area contributed by atoms with Crippen molar-refractivity contribution in [3.8, 4) is 11.3 Å². The number of hydrogen-bond acceptors (Lipinski definition) is 3. The topological polar surface area (TPSA) is 34.9 Å². The van der Waals surface area contributed by atoms with E-state index < -0.39 is 0 Å².